The fraction of sp³-hybridized carbons (Fsp3) is 0.421. The molecule has 5 unspecified atom stereocenters. The number of benzene rings is 1. The van der Waals surface area contributed by atoms with Gasteiger partial charge in [0.15, 0.2) is 5.78 Å². The van der Waals surface area contributed by atoms with E-state index in [1.165, 1.54) is 6.42 Å². The lowest BCUT2D eigenvalue weighted by molar-refractivity contribution is -0.118. The quantitative estimate of drug-likeness (QED) is 0.609. The summed E-state index contributed by atoms with van der Waals surface area (Å²) in [7, 11) is 1.67. The molecule has 2 nitrogen and oxygen atoms in total. The van der Waals surface area contributed by atoms with Gasteiger partial charge in [-0.25, -0.2) is 0 Å². The van der Waals surface area contributed by atoms with E-state index in [-0.39, 0.29) is 5.92 Å². The Morgan fingerprint density at radius 2 is 1.86 bits per heavy atom. The summed E-state index contributed by atoms with van der Waals surface area (Å²) in [5, 5.41) is 0. The number of carbonyl (C=O) groups excluding carboxylic acids is 1. The third kappa shape index (κ3) is 1.81. The number of methoxy groups -OCH3 is 1. The number of hydrogen-bond donors (Lipinski definition) is 0. The Morgan fingerprint density at radius 1 is 1.14 bits per heavy atom. The molecule has 21 heavy (non-hydrogen) atoms. The van der Waals surface area contributed by atoms with Crippen LogP contribution in [-0.4, -0.2) is 12.9 Å². The van der Waals surface area contributed by atoms with E-state index in [2.05, 4.69) is 25.2 Å². The van der Waals surface area contributed by atoms with Crippen LogP contribution in [0.5, 0.6) is 5.75 Å². The molecule has 1 aromatic carbocycles. The predicted octanol–water partition coefficient (Wildman–Crippen LogP) is 3.74. The standard InChI is InChI=1S/C19H20O2/c1-11-16(9-12-3-7-15(21-2)8-4-12)19(20)18-14-6-5-13(10-14)17(11)18/h3-9,11,13-14,17-18H,10H2,1-2H3. The van der Waals surface area contributed by atoms with Crippen molar-refractivity contribution in [1.82, 2.24) is 0 Å². The van der Waals surface area contributed by atoms with Crippen molar-refractivity contribution in [2.75, 3.05) is 7.11 Å². The van der Waals surface area contributed by atoms with Gasteiger partial charge in [-0.2, -0.15) is 0 Å². The first-order valence-corrected chi connectivity index (χ1v) is 7.77. The average Bonchev–Trinajstić information content (AvgIpc) is 3.18. The lowest BCUT2D eigenvalue weighted by Crippen LogP contribution is -2.20. The second kappa shape index (κ2) is 4.59. The SMILES string of the molecule is COc1ccc(C=C2C(=O)C3C4C=CC(C4)C3C2C)cc1. The van der Waals surface area contributed by atoms with Crippen LogP contribution in [0, 0.1) is 29.6 Å². The predicted molar refractivity (Wildman–Crippen MR) is 82.9 cm³/mol. The molecular formula is C19H20O2. The molecule has 0 amide bonds. The number of rotatable bonds is 2. The van der Waals surface area contributed by atoms with Crippen molar-refractivity contribution < 1.29 is 9.53 Å². The van der Waals surface area contributed by atoms with Crippen LogP contribution in [0.2, 0.25) is 0 Å². The highest BCUT2D eigenvalue weighted by atomic mass is 16.5. The lowest BCUT2D eigenvalue weighted by Gasteiger charge is -2.21. The fourth-order valence-electron chi connectivity index (χ4n) is 4.62. The van der Waals surface area contributed by atoms with Gasteiger partial charge in [0.1, 0.15) is 5.75 Å². The maximum atomic E-state index is 12.8. The minimum atomic E-state index is 0.250. The molecule has 0 radical (unpaired) electrons. The molecule has 0 aliphatic heterocycles. The average molecular weight is 280 g/mol. The zero-order chi connectivity index (χ0) is 14.6. The first kappa shape index (κ1) is 12.9. The molecule has 2 heteroatoms. The number of hydrogen-bond acceptors (Lipinski definition) is 2. The molecule has 108 valence electrons. The Morgan fingerprint density at radius 3 is 2.52 bits per heavy atom. The third-order valence-corrected chi connectivity index (χ3v) is 5.61. The summed E-state index contributed by atoms with van der Waals surface area (Å²) >= 11 is 0. The van der Waals surface area contributed by atoms with Crippen molar-refractivity contribution in [2.45, 2.75) is 13.3 Å². The van der Waals surface area contributed by atoms with Crippen LogP contribution in [0.4, 0.5) is 0 Å². The molecule has 5 atom stereocenters. The summed E-state index contributed by atoms with van der Waals surface area (Å²) < 4.78 is 5.18. The minimum absolute atomic E-state index is 0.250. The van der Waals surface area contributed by atoms with Gasteiger partial charge in [0.2, 0.25) is 0 Å². The van der Waals surface area contributed by atoms with E-state index >= 15 is 0 Å². The van der Waals surface area contributed by atoms with Crippen molar-refractivity contribution in [3.8, 4) is 5.75 Å². The van der Waals surface area contributed by atoms with Crippen molar-refractivity contribution in [1.29, 1.82) is 0 Å². The van der Waals surface area contributed by atoms with E-state index < -0.39 is 0 Å². The van der Waals surface area contributed by atoms with Crippen molar-refractivity contribution >= 4 is 11.9 Å². The van der Waals surface area contributed by atoms with Gasteiger partial charge in [-0.15, -0.1) is 0 Å². The van der Waals surface area contributed by atoms with Crippen LogP contribution >= 0.6 is 0 Å². The smallest absolute Gasteiger partial charge is 0.163 e. The zero-order valence-electron chi connectivity index (χ0n) is 12.5. The van der Waals surface area contributed by atoms with Gasteiger partial charge in [0, 0.05) is 5.92 Å². The van der Waals surface area contributed by atoms with Crippen LogP contribution in [0.25, 0.3) is 6.08 Å². The van der Waals surface area contributed by atoms with Gasteiger partial charge in [0.05, 0.1) is 7.11 Å². The molecule has 2 bridgehead atoms. The summed E-state index contributed by atoms with van der Waals surface area (Å²) in [6, 6.07) is 7.94. The zero-order valence-corrected chi connectivity index (χ0v) is 12.5. The van der Waals surface area contributed by atoms with Gasteiger partial charge in [-0.3, -0.25) is 4.79 Å². The van der Waals surface area contributed by atoms with E-state index in [0.717, 1.165) is 16.9 Å². The molecule has 0 aromatic heterocycles. The van der Waals surface area contributed by atoms with Gasteiger partial charge >= 0.3 is 0 Å². The van der Waals surface area contributed by atoms with Crippen LogP contribution in [0.15, 0.2) is 42.0 Å². The summed E-state index contributed by atoms with van der Waals surface area (Å²) in [6.45, 7) is 2.23. The van der Waals surface area contributed by atoms with Crippen molar-refractivity contribution in [3.05, 3.63) is 47.6 Å². The summed E-state index contributed by atoms with van der Waals surface area (Å²) in [5.41, 5.74) is 2.11. The van der Waals surface area contributed by atoms with E-state index in [1.807, 2.05) is 24.3 Å². The Kier molecular flexibility index (Phi) is 2.81. The Labute approximate surface area is 125 Å². The molecule has 0 spiro atoms. The molecule has 2 fully saturated rings. The monoisotopic (exact) mass is 280 g/mol. The number of allylic oxidation sites excluding steroid dienone is 3. The van der Waals surface area contributed by atoms with Crippen molar-refractivity contribution in [2.24, 2.45) is 29.6 Å². The Balaban J connectivity index is 1.66. The second-order valence-corrected chi connectivity index (χ2v) is 6.58. The summed E-state index contributed by atoms with van der Waals surface area (Å²) in [6.07, 6.45) is 7.89. The minimum Gasteiger partial charge on any atom is -0.497 e. The van der Waals surface area contributed by atoms with Crippen LogP contribution in [0.3, 0.4) is 0 Å². The molecule has 3 aliphatic carbocycles. The number of ketones is 1. The van der Waals surface area contributed by atoms with Gasteiger partial charge < -0.3 is 4.74 Å². The maximum absolute atomic E-state index is 12.8. The molecule has 1 aromatic rings. The van der Waals surface area contributed by atoms with E-state index in [1.54, 1.807) is 7.11 Å². The number of fused-ring (bicyclic) bond motifs is 5. The van der Waals surface area contributed by atoms with Crippen LogP contribution < -0.4 is 4.74 Å². The normalized spacial score (nSPS) is 38.3. The second-order valence-electron chi connectivity index (χ2n) is 6.58. The highest BCUT2D eigenvalue weighted by Crippen LogP contribution is 2.57. The van der Waals surface area contributed by atoms with Crippen molar-refractivity contribution in [3.63, 3.8) is 0 Å². The number of ether oxygens (including phenoxy) is 1. The number of Topliss-reactive ketones (excluding diaryl/α,β-unsaturated/α-hetero) is 1. The summed E-state index contributed by atoms with van der Waals surface area (Å²) in [5.74, 6) is 3.53. The maximum Gasteiger partial charge on any atom is 0.163 e. The van der Waals surface area contributed by atoms with Crippen LogP contribution in [0.1, 0.15) is 18.9 Å². The van der Waals surface area contributed by atoms with E-state index in [9.17, 15) is 4.79 Å². The van der Waals surface area contributed by atoms with E-state index in [0.29, 0.717) is 29.5 Å². The molecular weight excluding hydrogens is 260 g/mol. The molecule has 2 saturated carbocycles. The third-order valence-electron chi connectivity index (χ3n) is 5.61. The highest BCUT2D eigenvalue weighted by molar-refractivity contribution is 6.04. The molecule has 0 N–H and O–H groups in total. The number of carbonyl (C=O) groups is 1. The molecule has 3 aliphatic rings. The lowest BCUT2D eigenvalue weighted by atomic mass is 9.81. The Hall–Kier alpha value is -1.83. The van der Waals surface area contributed by atoms with Gasteiger partial charge in [-0.1, -0.05) is 31.2 Å². The Bertz CT molecular complexity index is 638. The summed E-state index contributed by atoms with van der Waals surface area (Å²) in [4.78, 5) is 12.8. The largest absolute Gasteiger partial charge is 0.497 e. The molecule has 0 heterocycles. The first-order chi connectivity index (χ1) is 10.2. The topological polar surface area (TPSA) is 26.3 Å². The van der Waals surface area contributed by atoms with Gasteiger partial charge in [0.25, 0.3) is 0 Å². The molecule has 0 saturated heterocycles. The first-order valence-electron chi connectivity index (χ1n) is 7.77. The fourth-order valence-corrected chi connectivity index (χ4v) is 4.62. The van der Waals surface area contributed by atoms with Gasteiger partial charge in [-0.05, 0) is 59.4 Å². The molecule has 4 rings (SSSR count). The van der Waals surface area contributed by atoms with E-state index in [4.69, 9.17) is 4.74 Å². The highest BCUT2D eigenvalue weighted by Gasteiger charge is 2.56. The van der Waals surface area contributed by atoms with Crippen LogP contribution in [-0.2, 0) is 4.79 Å².